The van der Waals surface area contributed by atoms with Gasteiger partial charge in [-0.25, -0.2) is 0 Å². The minimum atomic E-state index is 0.577. The molecule has 15 heavy (non-hydrogen) atoms. The number of benzene rings is 1. The van der Waals surface area contributed by atoms with Crippen molar-refractivity contribution in [2.75, 3.05) is 0 Å². The molecule has 0 unspecified atom stereocenters. The first-order valence-electron chi connectivity index (χ1n) is 4.39. The molecule has 2 rings (SSSR count). The molecule has 0 aliphatic carbocycles. The highest BCUT2D eigenvalue weighted by molar-refractivity contribution is 9.10. The van der Waals surface area contributed by atoms with Crippen molar-refractivity contribution in [3.8, 4) is 10.9 Å². The lowest BCUT2D eigenvalue weighted by molar-refractivity contribution is 0.469. The predicted molar refractivity (Wildman–Crippen MR) is 63.6 cm³/mol. The highest BCUT2D eigenvalue weighted by atomic mass is 79.9. The zero-order valence-corrected chi connectivity index (χ0v) is 10.7. The Labute approximate surface area is 100 Å². The largest absolute Gasteiger partial charge is 0.429 e. The molecule has 0 N–H and O–H groups in total. The van der Waals surface area contributed by atoms with E-state index in [9.17, 15) is 0 Å². The zero-order chi connectivity index (χ0) is 10.8. The van der Waals surface area contributed by atoms with Crippen LogP contribution in [0.5, 0.6) is 10.9 Å². The molecule has 0 atom stereocenters. The summed E-state index contributed by atoms with van der Waals surface area (Å²) in [5.41, 5.74) is 1.08. The fourth-order valence-corrected chi connectivity index (χ4v) is 1.99. The zero-order valence-electron chi connectivity index (χ0n) is 8.32. The average molecular weight is 285 g/mol. The molecule has 3 nitrogen and oxygen atoms in total. The lowest BCUT2D eigenvalue weighted by Crippen LogP contribution is -1.86. The second kappa shape index (κ2) is 4.28. The van der Waals surface area contributed by atoms with Gasteiger partial charge in [-0.05, 0) is 31.5 Å². The van der Waals surface area contributed by atoms with E-state index in [1.165, 1.54) is 11.3 Å². The van der Waals surface area contributed by atoms with Gasteiger partial charge in [0, 0.05) is 4.47 Å². The smallest absolute Gasteiger partial charge is 0.299 e. The van der Waals surface area contributed by atoms with Crippen LogP contribution in [-0.4, -0.2) is 10.2 Å². The van der Waals surface area contributed by atoms with E-state index in [1.807, 2.05) is 32.0 Å². The van der Waals surface area contributed by atoms with Crippen molar-refractivity contribution in [3.63, 3.8) is 0 Å². The second-order valence-electron chi connectivity index (χ2n) is 3.10. The molecule has 0 aliphatic rings. The standard InChI is InChI=1S/C10H9BrN2OS/c1-6-3-4-8(11)5-9(6)14-10-13-12-7(2)15-10/h3-5H,1-2H3. The molecule has 1 aromatic carbocycles. The second-order valence-corrected chi connectivity index (χ2v) is 5.16. The van der Waals surface area contributed by atoms with E-state index in [0.717, 1.165) is 20.8 Å². The topological polar surface area (TPSA) is 35.0 Å². The SMILES string of the molecule is Cc1nnc(Oc2cc(Br)ccc2C)s1. The van der Waals surface area contributed by atoms with Crippen LogP contribution >= 0.6 is 27.3 Å². The predicted octanol–water partition coefficient (Wildman–Crippen LogP) is 3.71. The van der Waals surface area contributed by atoms with Gasteiger partial charge in [-0.15, -0.1) is 5.10 Å². The Morgan fingerprint density at radius 3 is 2.73 bits per heavy atom. The Morgan fingerprint density at radius 2 is 2.07 bits per heavy atom. The molecule has 1 aromatic heterocycles. The summed E-state index contributed by atoms with van der Waals surface area (Å²) in [6.07, 6.45) is 0. The van der Waals surface area contributed by atoms with Crippen LogP contribution in [0.1, 0.15) is 10.6 Å². The molecule has 1 heterocycles. The van der Waals surface area contributed by atoms with Gasteiger partial charge < -0.3 is 4.74 Å². The molecule has 5 heteroatoms. The third kappa shape index (κ3) is 2.54. The van der Waals surface area contributed by atoms with Crippen molar-refractivity contribution >= 4 is 27.3 Å². The Morgan fingerprint density at radius 1 is 1.27 bits per heavy atom. The molecule has 0 amide bonds. The lowest BCUT2D eigenvalue weighted by atomic mass is 10.2. The summed E-state index contributed by atoms with van der Waals surface area (Å²) in [6, 6.07) is 5.90. The van der Waals surface area contributed by atoms with Gasteiger partial charge in [-0.1, -0.05) is 38.4 Å². The summed E-state index contributed by atoms with van der Waals surface area (Å²) in [5.74, 6) is 0.806. The average Bonchev–Trinajstić information content (AvgIpc) is 2.58. The van der Waals surface area contributed by atoms with Crippen molar-refractivity contribution in [2.45, 2.75) is 13.8 Å². The minimum absolute atomic E-state index is 0.577. The highest BCUT2D eigenvalue weighted by Crippen LogP contribution is 2.29. The molecular weight excluding hydrogens is 276 g/mol. The maximum absolute atomic E-state index is 5.63. The number of rotatable bonds is 2. The molecule has 0 saturated heterocycles. The van der Waals surface area contributed by atoms with Gasteiger partial charge >= 0.3 is 0 Å². The lowest BCUT2D eigenvalue weighted by Gasteiger charge is -2.04. The third-order valence-corrected chi connectivity index (χ3v) is 3.06. The van der Waals surface area contributed by atoms with E-state index < -0.39 is 0 Å². The normalized spacial score (nSPS) is 10.3. The molecule has 0 fully saturated rings. The van der Waals surface area contributed by atoms with Gasteiger partial charge in [0.1, 0.15) is 10.8 Å². The molecule has 0 radical (unpaired) electrons. The van der Waals surface area contributed by atoms with E-state index in [1.54, 1.807) is 0 Å². The van der Waals surface area contributed by atoms with Gasteiger partial charge in [-0.2, -0.15) is 0 Å². The number of halogens is 1. The Balaban J connectivity index is 2.27. The summed E-state index contributed by atoms with van der Waals surface area (Å²) < 4.78 is 6.62. The van der Waals surface area contributed by atoms with Crippen LogP contribution in [0.15, 0.2) is 22.7 Å². The van der Waals surface area contributed by atoms with Crippen LogP contribution in [0.4, 0.5) is 0 Å². The van der Waals surface area contributed by atoms with Crippen LogP contribution in [0, 0.1) is 13.8 Å². The number of hydrogen-bond acceptors (Lipinski definition) is 4. The first-order chi connectivity index (χ1) is 7.15. The van der Waals surface area contributed by atoms with Crippen molar-refractivity contribution in [2.24, 2.45) is 0 Å². The number of ether oxygens (including phenoxy) is 1. The first-order valence-corrected chi connectivity index (χ1v) is 6.00. The van der Waals surface area contributed by atoms with E-state index in [-0.39, 0.29) is 0 Å². The Hall–Kier alpha value is -0.940. The molecular formula is C10H9BrN2OS. The third-order valence-electron chi connectivity index (χ3n) is 1.85. The quantitative estimate of drug-likeness (QED) is 0.843. The summed E-state index contributed by atoms with van der Waals surface area (Å²) in [7, 11) is 0. The maximum Gasteiger partial charge on any atom is 0.299 e. The molecule has 0 saturated carbocycles. The minimum Gasteiger partial charge on any atom is -0.429 e. The number of hydrogen-bond donors (Lipinski definition) is 0. The Bertz CT molecular complexity index is 484. The van der Waals surface area contributed by atoms with E-state index in [0.29, 0.717) is 5.19 Å². The molecule has 0 bridgehead atoms. The van der Waals surface area contributed by atoms with Gasteiger partial charge in [0.2, 0.25) is 0 Å². The number of nitrogens with zero attached hydrogens (tertiary/aromatic N) is 2. The van der Waals surface area contributed by atoms with Crippen LogP contribution in [0.2, 0.25) is 0 Å². The highest BCUT2D eigenvalue weighted by Gasteiger charge is 2.06. The number of aromatic nitrogens is 2. The monoisotopic (exact) mass is 284 g/mol. The van der Waals surface area contributed by atoms with Crippen molar-refractivity contribution in [1.29, 1.82) is 0 Å². The summed E-state index contributed by atoms with van der Waals surface area (Å²) in [6.45, 7) is 3.90. The van der Waals surface area contributed by atoms with E-state index >= 15 is 0 Å². The fraction of sp³-hybridized carbons (Fsp3) is 0.200. The fourth-order valence-electron chi connectivity index (χ4n) is 1.10. The maximum atomic E-state index is 5.63. The van der Waals surface area contributed by atoms with Crippen molar-refractivity contribution in [3.05, 3.63) is 33.2 Å². The van der Waals surface area contributed by atoms with Gasteiger partial charge in [-0.3, -0.25) is 0 Å². The summed E-state index contributed by atoms with van der Waals surface area (Å²) in [5, 5.41) is 9.29. The van der Waals surface area contributed by atoms with Gasteiger partial charge in [0.25, 0.3) is 5.19 Å². The molecule has 0 spiro atoms. The number of aryl methyl sites for hydroxylation is 2. The molecule has 2 aromatic rings. The van der Waals surface area contributed by atoms with Crippen LogP contribution in [0.3, 0.4) is 0 Å². The van der Waals surface area contributed by atoms with Crippen LogP contribution < -0.4 is 4.74 Å². The summed E-state index contributed by atoms with van der Waals surface area (Å²) in [4.78, 5) is 0. The van der Waals surface area contributed by atoms with Crippen LogP contribution in [0.25, 0.3) is 0 Å². The Kier molecular flexibility index (Phi) is 3.02. The van der Waals surface area contributed by atoms with Crippen molar-refractivity contribution < 1.29 is 4.74 Å². The van der Waals surface area contributed by atoms with Gasteiger partial charge in [0.05, 0.1) is 0 Å². The van der Waals surface area contributed by atoms with Crippen molar-refractivity contribution in [1.82, 2.24) is 10.2 Å². The van der Waals surface area contributed by atoms with E-state index in [2.05, 4.69) is 26.1 Å². The summed E-state index contributed by atoms with van der Waals surface area (Å²) >= 11 is 4.84. The van der Waals surface area contributed by atoms with Crippen LogP contribution in [-0.2, 0) is 0 Å². The first kappa shape index (κ1) is 10.6. The van der Waals surface area contributed by atoms with Gasteiger partial charge in [0.15, 0.2) is 0 Å². The van der Waals surface area contributed by atoms with E-state index in [4.69, 9.17) is 4.74 Å². The molecule has 0 aliphatic heterocycles. The molecule has 78 valence electrons.